The molecule has 0 aliphatic rings. The highest BCUT2D eigenvalue weighted by Crippen LogP contribution is 2.27. The molecule has 0 saturated carbocycles. The van der Waals surface area contributed by atoms with Gasteiger partial charge in [-0.15, -0.1) is 0 Å². The smallest absolute Gasteiger partial charge is 0.238 e. The predicted octanol–water partition coefficient (Wildman–Crippen LogP) is 3.46. The van der Waals surface area contributed by atoms with Gasteiger partial charge in [-0.2, -0.15) is 0 Å². The third kappa shape index (κ3) is 4.58. The number of benzene rings is 2. The number of imidazole rings is 1. The molecule has 3 rings (SSSR count). The van der Waals surface area contributed by atoms with Crippen LogP contribution in [0.25, 0.3) is 11.0 Å². The zero-order valence-electron chi connectivity index (χ0n) is 15.0. The zero-order valence-corrected chi connectivity index (χ0v) is 16.6. The van der Waals surface area contributed by atoms with Crippen molar-refractivity contribution in [1.29, 1.82) is 0 Å². The monoisotopic (exact) mass is 403 g/mol. The number of aryl methyl sites for hydroxylation is 1. The summed E-state index contributed by atoms with van der Waals surface area (Å²) in [5.74, 6) is 0.293. The van der Waals surface area contributed by atoms with Gasteiger partial charge in [-0.1, -0.05) is 55.4 Å². The van der Waals surface area contributed by atoms with Crippen LogP contribution in [0, 0.1) is 0 Å². The molecule has 0 bridgehead atoms. The van der Waals surface area contributed by atoms with E-state index in [1.165, 1.54) is 23.9 Å². The van der Waals surface area contributed by atoms with E-state index < -0.39 is 10.0 Å². The maximum atomic E-state index is 12.4. The number of carbonyl (C=O) groups is 1. The molecule has 0 saturated heterocycles. The van der Waals surface area contributed by atoms with Crippen molar-refractivity contribution >= 4 is 38.6 Å². The number of hydrogen-bond acceptors (Lipinski definition) is 5. The fourth-order valence-electron chi connectivity index (χ4n) is 2.74. The molecule has 0 fully saturated rings. The number of thioether (sulfide) groups is 1. The number of carbonyl (C=O) groups excluding carboxylic acids is 1. The first-order valence-corrected chi connectivity index (χ1v) is 11.2. The molecule has 2 N–H and O–H groups in total. The molecule has 3 aromatic rings. The molecule has 27 heavy (non-hydrogen) atoms. The Balaban J connectivity index is 1.91. The number of rotatable bonds is 8. The maximum Gasteiger partial charge on any atom is 0.238 e. The largest absolute Gasteiger partial charge is 0.319 e. The second-order valence-corrected chi connectivity index (χ2v) is 8.68. The van der Waals surface area contributed by atoms with Crippen molar-refractivity contribution in [2.45, 2.75) is 36.4 Å². The Bertz CT molecular complexity index is 1060. The number of Topliss-reactive ketones (excluding diaryl/α,β-unsaturated/α-hetero) is 1. The third-order valence-electron chi connectivity index (χ3n) is 4.18. The van der Waals surface area contributed by atoms with Crippen LogP contribution in [0.1, 0.15) is 30.1 Å². The van der Waals surface area contributed by atoms with E-state index in [1.54, 1.807) is 18.2 Å². The first-order valence-electron chi connectivity index (χ1n) is 8.64. The first-order chi connectivity index (χ1) is 12.9. The fraction of sp³-hybridized carbons (Fsp3) is 0.263. The lowest BCUT2D eigenvalue weighted by Gasteiger charge is -2.08. The highest BCUT2D eigenvalue weighted by molar-refractivity contribution is 7.99. The molecule has 0 aliphatic carbocycles. The lowest BCUT2D eigenvalue weighted by Crippen LogP contribution is -2.11. The van der Waals surface area contributed by atoms with Crippen molar-refractivity contribution in [2.75, 3.05) is 5.75 Å². The van der Waals surface area contributed by atoms with E-state index in [1.807, 2.05) is 22.8 Å². The van der Waals surface area contributed by atoms with Crippen molar-refractivity contribution in [3.63, 3.8) is 0 Å². The Kier molecular flexibility index (Phi) is 5.98. The van der Waals surface area contributed by atoms with E-state index in [0.717, 1.165) is 24.9 Å². The normalized spacial score (nSPS) is 11.8. The molecule has 1 heterocycles. The number of primary sulfonamides is 1. The van der Waals surface area contributed by atoms with E-state index >= 15 is 0 Å². The van der Waals surface area contributed by atoms with E-state index in [4.69, 9.17) is 5.14 Å². The van der Waals surface area contributed by atoms with Crippen LogP contribution in [0.4, 0.5) is 0 Å². The van der Waals surface area contributed by atoms with Gasteiger partial charge in [0.2, 0.25) is 10.0 Å². The number of sulfonamides is 1. The van der Waals surface area contributed by atoms with Crippen LogP contribution in [0.2, 0.25) is 0 Å². The van der Waals surface area contributed by atoms with E-state index in [9.17, 15) is 13.2 Å². The minimum absolute atomic E-state index is 0.0277. The summed E-state index contributed by atoms with van der Waals surface area (Å²) in [6.07, 6.45) is 1.98. The Morgan fingerprint density at radius 3 is 2.59 bits per heavy atom. The molecule has 1 aromatic heterocycles. The number of ketones is 1. The number of unbranched alkanes of at least 4 members (excludes halogenated alkanes) is 1. The Morgan fingerprint density at radius 1 is 1.19 bits per heavy atom. The Hall–Kier alpha value is -2.16. The van der Waals surface area contributed by atoms with Gasteiger partial charge in [0.15, 0.2) is 10.9 Å². The van der Waals surface area contributed by atoms with Crippen LogP contribution in [0.5, 0.6) is 0 Å². The summed E-state index contributed by atoms with van der Waals surface area (Å²) in [7, 11) is -3.79. The Labute approximate surface area is 162 Å². The summed E-state index contributed by atoms with van der Waals surface area (Å²) in [6, 6.07) is 13.8. The molecule has 2 aromatic carbocycles. The zero-order chi connectivity index (χ0) is 19.4. The van der Waals surface area contributed by atoms with Crippen LogP contribution in [-0.2, 0) is 16.6 Å². The van der Waals surface area contributed by atoms with Crippen LogP contribution in [-0.4, -0.2) is 29.5 Å². The molecular formula is C19H21N3O3S2. The maximum absolute atomic E-state index is 12.4. The highest BCUT2D eigenvalue weighted by Gasteiger charge is 2.16. The molecule has 0 radical (unpaired) electrons. The van der Waals surface area contributed by atoms with Crippen LogP contribution >= 0.6 is 11.8 Å². The number of nitrogens with zero attached hydrogens (tertiary/aromatic N) is 2. The third-order valence-corrected chi connectivity index (χ3v) is 6.06. The van der Waals surface area contributed by atoms with E-state index in [-0.39, 0.29) is 16.4 Å². The molecule has 0 aliphatic heterocycles. The van der Waals surface area contributed by atoms with Crippen molar-refractivity contribution in [3.05, 3.63) is 54.1 Å². The molecule has 8 heteroatoms. The molecule has 142 valence electrons. The van der Waals surface area contributed by atoms with Gasteiger partial charge in [0.25, 0.3) is 0 Å². The van der Waals surface area contributed by atoms with Gasteiger partial charge < -0.3 is 4.57 Å². The Morgan fingerprint density at radius 2 is 1.93 bits per heavy atom. The lowest BCUT2D eigenvalue weighted by molar-refractivity contribution is 0.102. The summed E-state index contributed by atoms with van der Waals surface area (Å²) in [5.41, 5.74) is 2.07. The summed E-state index contributed by atoms with van der Waals surface area (Å²) < 4.78 is 25.2. The van der Waals surface area contributed by atoms with Crippen molar-refractivity contribution in [1.82, 2.24) is 9.55 Å². The predicted molar refractivity (Wildman–Crippen MR) is 108 cm³/mol. The molecule has 0 spiro atoms. The SMILES string of the molecule is CCCCn1c(SCC(=O)c2ccccc2)nc2cc(S(N)(=O)=O)ccc21. The average molecular weight is 404 g/mol. The second-order valence-electron chi connectivity index (χ2n) is 6.17. The number of fused-ring (bicyclic) bond motifs is 1. The summed E-state index contributed by atoms with van der Waals surface area (Å²) in [6.45, 7) is 2.85. The topological polar surface area (TPSA) is 95.0 Å². The first kappa shape index (κ1) is 19.6. The molecule has 0 atom stereocenters. The lowest BCUT2D eigenvalue weighted by atomic mass is 10.2. The van der Waals surface area contributed by atoms with Gasteiger partial charge in [-0.3, -0.25) is 4.79 Å². The molecule has 6 nitrogen and oxygen atoms in total. The fourth-order valence-corrected chi connectivity index (χ4v) is 4.21. The summed E-state index contributed by atoms with van der Waals surface area (Å²) in [5, 5.41) is 5.93. The van der Waals surface area contributed by atoms with E-state index in [2.05, 4.69) is 11.9 Å². The number of hydrogen-bond donors (Lipinski definition) is 1. The quantitative estimate of drug-likeness (QED) is 0.459. The molecular weight excluding hydrogens is 382 g/mol. The van der Waals surface area contributed by atoms with Crippen molar-refractivity contribution < 1.29 is 13.2 Å². The minimum Gasteiger partial charge on any atom is -0.319 e. The van der Waals surface area contributed by atoms with Crippen LogP contribution in [0.3, 0.4) is 0 Å². The van der Waals surface area contributed by atoms with Gasteiger partial charge in [0.1, 0.15) is 0 Å². The van der Waals surface area contributed by atoms with Gasteiger partial charge >= 0.3 is 0 Å². The summed E-state index contributed by atoms with van der Waals surface area (Å²) in [4.78, 5) is 17.0. The van der Waals surface area contributed by atoms with Gasteiger partial charge in [-0.25, -0.2) is 18.5 Å². The van der Waals surface area contributed by atoms with Crippen LogP contribution < -0.4 is 5.14 Å². The number of nitrogens with two attached hydrogens (primary N) is 1. The van der Waals surface area contributed by atoms with Gasteiger partial charge in [0.05, 0.1) is 21.7 Å². The van der Waals surface area contributed by atoms with Crippen molar-refractivity contribution in [3.8, 4) is 0 Å². The minimum atomic E-state index is -3.79. The highest BCUT2D eigenvalue weighted by atomic mass is 32.2. The summed E-state index contributed by atoms with van der Waals surface area (Å²) >= 11 is 1.36. The van der Waals surface area contributed by atoms with Crippen molar-refractivity contribution in [2.24, 2.45) is 5.14 Å². The molecule has 0 unspecified atom stereocenters. The second kappa shape index (κ2) is 8.24. The van der Waals surface area contributed by atoms with Crippen LogP contribution in [0.15, 0.2) is 58.6 Å². The standard InChI is InChI=1S/C19H21N3O3S2/c1-2-3-11-22-17-10-9-15(27(20,24)25)12-16(17)21-19(22)26-13-18(23)14-7-5-4-6-8-14/h4-10,12H,2-3,11,13H2,1H3,(H2,20,24,25). The van der Waals surface area contributed by atoms with E-state index in [0.29, 0.717) is 16.2 Å². The molecule has 0 amide bonds. The average Bonchev–Trinajstić information content (AvgIpc) is 3.01. The number of aromatic nitrogens is 2. The van der Waals surface area contributed by atoms with Gasteiger partial charge in [-0.05, 0) is 24.6 Å². The van der Waals surface area contributed by atoms with Gasteiger partial charge in [0, 0.05) is 12.1 Å².